The summed E-state index contributed by atoms with van der Waals surface area (Å²) >= 11 is 5.60. The molecule has 1 aliphatic heterocycles. The molecule has 4 heteroatoms. The van der Waals surface area contributed by atoms with Crippen molar-refractivity contribution in [2.75, 3.05) is 5.32 Å². The number of benzene rings is 7. The number of fused-ring (bicyclic) bond motifs is 14. The van der Waals surface area contributed by atoms with Gasteiger partial charge in [0.25, 0.3) is 0 Å². The summed E-state index contributed by atoms with van der Waals surface area (Å²) in [5.41, 5.74) is 14.7. The molecule has 1 spiro atoms. The van der Waals surface area contributed by atoms with Gasteiger partial charge in [-0.15, -0.1) is 11.3 Å². The van der Waals surface area contributed by atoms with Crippen molar-refractivity contribution in [2.24, 2.45) is 4.99 Å². The van der Waals surface area contributed by atoms with Crippen molar-refractivity contribution in [3.63, 3.8) is 0 Å². The molecule has 0 fully saturated rings. The van der Waals surface area contributed by atoms with Crippen molar-refractivity contribution < 1.29 is 0 Å². The lowest BCUT2D eigenvalue weighted by Crippen LogP contribution is -2.27. The number of hydrogen-bond donors (Lipinski definition) is 1. The number of nitrogens with one attached hydrogen (secondary N) is 1. The highest BCUT2D eigenvalue weighted by atomic mass is 79.9. The van der Waals surface area contributed by atoms with Gasteiger partial charge in [-0.05, 0) is 73.0 Å². The maximum atomic E-state index is 5.65. The van der Waals surface area contributed by atoms with Gasteiger partial charge in [0.05, 0.1) is 22.9 Å². The fraction of sp³-hybridized carbons (Fsp3) is 0.0444. The Kier molecular flexibility index (Phi) is 5.71. The van der Waals surface area contributed by atoms with Crippen LogP contribution in [0.4, 0.5) is 10.7 Å². The summed E-state index contributed by atoms with van der Waals surface area (Å²) in [5.74, 6) is 0. The molecule has 1 N–H and O–H groups in total. The maximum Gasteiger partial charge on any atom is 0.140 e. The van der Waals surface area contributed by atoms with Gasteiger partial charge in [0.1, 0.15) is 5.00 Å². The first-order valence-corrected chi connectivity index (χ1v) is 18.3. The summed E-state index contributed by atoms with van der Waals surface area (Å²) in [6.45, 7) is 0. The molecular formula is C45H27BrN2S. The predicted octanol–water partition coefficient (Wildman–Crippen LogP) is 12.4. The van der Waals surface area contributed by atoms with Crippen LogP contribution in [0.1, 0.15) is 39.4 Å². The van der Waals surface area contributed by atoms with E-state index in [0.717, 1.165) is 20.9 Å². The van der Waals surface area contributed by atoms with E-state index in [4.69, 9.17) is 4.99 Å². The molecule has 2 heterocycles. The first kappa shape index (κ1) is 27.6. The van der Waals surface area contributed by atoms with Crippen molar-refractivity contribution in [1.82, 2.24) is 0 Å². The smallest absolute Gasteiger partial charge is 0.140 e. The quantitative estimate of drug-likeness (QED) is 0.190. The van der Waals surface area contributed by atoms with Gasteiger partial charge in [-0.25, -0.2) is 4.99 Å². The van der Waals surface area contributed by atoms with E-state index < -0.39 is 5.41 Å². The van der Waals surface area contributed by atoms with Crippen LogP contribution in [0, 0.1) is 0 Å². The standard InChI is InChI=1S/C45H27BrN2S/c46-38-24-11-16-26-29(38)17-9-18-30(26)41-42(48-44-43(47-41)32-15-4-8-25-39(32)49-44)33-19-10-23-37-40(33)31-14-3-7-22-36(31)45(37)34-20-5-1-12-27(34)28-13-2-6-21-35(28)45/h1-25,41,47H. The minimum atomic E-state index is -0.402. The highest BCUT2D eigenvalue weighted by Crippen LogP contribution is 2.63. The van der Waals surface area contributed by atoms with Crippen molar-refractivity contribution >= 4 is 64.5 Å². The second-order valence-corrected chi connectivity index (χ2v) is 15.0. The van der Waals surface area contributed by atoms with E-state index in [1.54, 1.807) is 11.3 Å². The Morgan fingerprint density at radius 2 is 1.10 bits per heavy atom. The molecule has 0 saturated carbocycles. The van der Waals surface area contributed by atoms with Gasteiger partial charge >= 0.3 is 0 Å². The molecule has 8 aromatic rings. The van der Waals surface area contributed by atoms with Crippen LogP contribution in [0.15, 0.2) is 161 Å². The summed E-state index contributed by atoms with van der Waals surface area (Å²) < 4.78 is 2.34. The number of rotatable bonds is 2. The minimum Gasteiger partial charge on any atom is -0.370 e. The third-order valence-corrected chi connectivity index (χ3v) is 12.6. The topological polar surface area (TPSA) is 24.4 Å². The Balaban J connectivity index is 1.24. The zero-order valence-electron chi connectivity index (χ0n) is 26.2. The number of thiophene rings is 1. The summed E-state index contributed by atoms with van der Waals surface area (Å²) in [6, 6.07) is 55.6. The Morgan fingerprint density at radius 1 is 0.531 bits per heavy atom. The number of halogens is 1. The molecule has 1 unspecified atom stereocenters. The van der Waals surface area contributed by atoms with Gasteiger partial charge < -0.3 is 5.32 Å². The number of nitrogens with zero attached hydrogens (tertiary/aromatic N) is 1. The van der Waals surface area contributed by atoms with E-state index in [2.05, 4.69) is 173 Å². The molecule has 2 aliphatic carbocycles. The number of hydrogen-bond acceptors (Lipinski definition) is 3. The van der Waals surface area contributed by atoms with Crippen LogP contribution in [-0.2, 0) is 5.41 Å². The van der Waals surface area contributed by atoms with E-state index in [1.807, 2.05) is 0 Å². The molecule has 1 aromatic heterocycles. The van der Waals surface area contributed by atoms with Crippen LogP contribution in [0.5, 0.6) is 0 Å². The molecule has 11 rings (SSSR count). The molecule has 0 radical (unpaired) electrons. The summed E-state index contributed by atoms with van der Waals surface area (Å²) in [4.78, 5) is 5.65. The van der Waals surface area contributed by atoms with Gasteiger partial charge in [-0.3, -0.25) is 0 Å². The van der Waals surface area contributed by atoms with E-state index in [9.17, 15) is 0 Å². The second-order valence-electron chi connectivity index (χ2n) is 13.1. The monoisotopic (exact) mass is 706 g/mol. The Morgan fingerprint density at radius 3 is 1.90 bits per heavy atom. The van der Waals surface area contributed by atoms with Crippen LogP contribution in [0.25, 0.3) is 43.1 Å². The molecular weight excluding hydrogens is 680 g/mol. The molecule has 0 amide bonds. The van der Waals surface area contributed by atoms with Crippen molar-refractivity contribution in [3.8, 4) is 22.3 Å². The van der Waals surface area contributed by atoms with Gasteiger partial charge in [0.15, 0.2) is 0 Å². The Hall–Kier alpha value is -5.29. The SMILES string of the molecule is Brc1cccc2c(C3Nc4c(sc5ccccc45)N=C3c3cccc4c3-c3ccccc3C43c4ccccc4-c4ccccc43)cccc12. The Bertz CT molecular complexity index is 2690. The minimum absolute atomic E-state index is 0.165. The average Bonchev–Trinajstić information content (AvgIpc) is 3.78. The normalized spacial score (nSPS) is 16.1. The first-order valence-electron chi connectivity index (χ1n) is 16.7. The Labute approximate surface area is 296 Å². The lowest BCUT2D eigenvalue weighted by Gasteiger charge is -2.31. The molecule has 1 atom stereocenters. The fourth-order valence-electron chi connectivity index (χ4n) is 8.98. The lowest BCUT2D eigenvalue weighted by atomic mass is 9.70. The van der Waals surface area contributed by atoms with Gasteiger partial charge in [-0.1, -0.05) is 155 Å². The molecule has 0 saturated heterocycles. The van der Waals surface area contributed by atoms with Gasteiger partial charge in [0.2, 0.25) is 0 Å². The zero-order valence-corrected chi connectivity index (χ0v) is 28.6. The molecule has 2 nitrogen and oxygen atoms in total. The van der Waals surface area contributed by atoms with Gasteiger partial charge in [-0.2, -0.15) is 0 Å². The summed E-state index contributed by atoms with van der Waals surface area (Å²) in [7, 11) is 0. The van der Waals surface area contributed by atoms with E-state index in [-0.39, 0.29) is 6.04 Å². The fourth-order valence-corrected chi connectivity index (χ4v) is 10.5. The van der Waals surface area contributed by atoms with Crippen LogP contribution in [-0.4, -0.2) is 5.71 Å². The predicted molar refractivity (Wildman–Crippen MR) is 209 cm³/mol. The van der Waals surface area contributed by atoms with Crippen LogP contribution in [0.3, 0.4) is 0 Å². The van der Waals surface area contributed by atoms with Crippen LogP contribution < -0.4 is 5.32 Å². The highest BCUT2D eigenvalue weighted by Gasteiger charge is 2.52. The average molecular weight is 708 g/mol. The molecule has 0 bridgehead atoms. The highest BCUT2D eigenvalue weighted by molar-refractivity contribution is 9.10. The number of aliphatic imine (C=N–C) groups is 1. The lowest BCUT2D eigenvalue weighted by molar-refractivity contribution is 0.793. The third kappa shape index (κ3) is 3.58. The van der Waals surface area contributed by atoms with Crippen molar-refractivity contribution in [1.29, 1.82) is 0 Å². The molecule has 3 aliphatic rings. The largest absolute Gasteiger partial charge is 0.370 e. The summed E-state index contributed by atoms with van der Waals surface area (Å²) in [5, 5.41) is 8.73. The zero-order chi connectivity index (χ0) is 32.3. The molecule has 7 aromatic carbocycles. The van der Waals surface area contributed by atoms with E-state index >= 15 is 0 Å². The van der Waals surface area contributed by atoms with E-state index in [0.29, 0.717) is 0 Å². The maximum absolute atomic E-state index is 5.65. The second kappa shape index (κ2) is 10.1. The van der Waals surface area contributed by atoms with Crippen LogP contribution >= 0.6 is 27.3 Å². The van der Waals surface area contributed by atoms with Gasteiger partial charge in [0, 0.05) is 20.1 Å². The summed E-state index contributed by atoms with van der Waals surface area (Å²) in [6.07, 6.45) is 0. The molecule has 49 heavy (non-hydrogen) atoms. The first-order chi connectivity index (χ1) is 24.2. The van der Waals surface area contributed by atoms with Crippen molar-refractivity contribution in [3.05, 3.63) is 190 Å². The van der Waals surface area contributed by atoms with Crippen molar-refractivity contribution in [2.45, 2.75) is 11.5 Å². The van der Waals surface area contributed by atoms with Crippen LogP contribution in [0.2, 0.25) is 0 Å². The third-order valence-electron chi connectivity index (χ3n) is 10.9. The van der Waals surface area contributed by atoms with E-state index in [1.165, 1.54) is 76.5 Å². The molecule has 230 valence electrons. The number of anilines is 1.